The molecule has 0 aliphatic carbocycles. The molecule has 2 nitrogen and oxygen atoms in total. The number of furan rings is 1. The molecule has 2 heteroatoms. The smallest absolute Gasteiger partial charge is 0.140 e. The number of rotatable bonds is 2. The van der Waals surface area contributed by atoms with Crippen LogP contribution in [0.3, 0.4) is 0 Å². The normalized spacial score (nSPS) is 12.5. The van der Waals surface area contributed by atoms with Crippen molar-refractivity contribution < 1.29 is 9.52 Å². The van der Waals surface area contributed by atoms with Gasteiger partial charge in [-0.3, -0.25) is 0 Å². The molecule has 34 heavy (non-hydrogen) atoms. The maximum atomic E-state index is 11.4. The van der Waals surface area contributed by atoms with E-state index in [2.05, 4.69) is 90.1 Å². The lowest BCUT2D eigenvalue weighted by atomic mass is 9.82. The molecule has 0 fully saturated rings. The van der Waals surface area contributed by atoms with Gasteiger partial charge in [0.25, 0.3) is 0 Å². The van der Waals surface area contributed by atoms with Gasteiger partial charge in [0.2, 0.25) is 0 Å². The quantitative estimate of drug-likeness (QED) is 0.292. The number of phenolic OH excluding ortho intramolecular Hbond substituents is 1. The van der Waals surface area contributed by atoms with Crippen LogP contribution in [0.1, 0.15) is 52.7 Å². The summed E-state index contributed by atoms with van der Waals surface area (Å²) in [7, 11) is 0. The molecule has 1 heterocycles. The molecule has 1 aromatic heterocycles. The third kappa shape index (κ3) is 3.68. The lowest BCUT2D eigenvalue weighted by Crippen LogP contribution is -2.11. The Labute approximate surface area is 201 Å². The largest absolute Gasteiger partial charge is 0.507 e. The Bertz CT molecular complexity index is 1490. The van der Waals surface area contributed by atoms with Crippen LogP contribution in [-0.2, 0) is 10.8 Å². The third-order valence-corrected chi connectivity index (χ3v) is 6.61. The molecule has 1 N–H and O–H groups in total. The van der Waals surface area contributed by atoms with Gasteiger partial charge in [0.05, 0.1) is 0 Å². The van der Waals surface area contributed by atoms with E-state index < -0.39 is 0 Å². The molecule has 5 aromatic rings. The number of fused-ring (bicyclic) bond motifs is 3. The first kappa shape index (κ1) is 22.3. The van der Waals surface area contributed by atoms with Crippen molar-refractivity contribution in [3.05, 3.63) is 90.0 Å². The van der Waals surface area contributed by atoms with Crippen molar-refractivity contribution in [2.75, 3.05) is 0 Å². The standard InChI is InChI=1S/C32H32O2/c1-31(2,3)24-18-22(20-13-9-7-10-14-20)17-23-28-27(21-15-11-8-12-16-21)26(33)19-25(32(4,5)6)30(28)34-29(23)24/h7-19,33H,1-6H3. The van der Waals surface area contributed by atoms with Crippen LogP contribution >= 0.6 is 0 Å². The zero-order chi connectivity index (χ0) is 24.3. The highest BCUT2D eigenvalue weighted by molar-refractivity contribution is 6.16. The molecule has 0 unspecified atom stereocenters. The fourth-order valence-corrected chi connectivity index (χ4v) is 4.85. The third-order valence-electron chi connectivity index (χ3n) is 6.61. The highest BCUT2D eigenvalue weighted by Gasteiger charge is 2.29. The van der Waals surface area contributed by atoms with Gasteiger partial charge < -0.3 is 9.52 Å². The molecule has 0 atom stereocenters. The second kappa shape index (κ2) is 7.77. The van der Waals surface area contributed by atoms with Gasteiger partial charge in [-0.1, -0.05) is 102 Å². The molecular weight excluding hydrogens is 416 g/mol. The molecule has 0 aliphatic rings. The average molecular weight is 449 g/mol. The summed E-state index contributed by atoms with van der Waals surface area (Å²) in [4.78, 5) is 0. The molecule has 0 radical (unpaired) electrons. The van der Waals surface area contributed by atoms with Crippen molar-refractivity contribution in [1.82, 2.24) is 0 Å². The number of hydrogen-bond donors (Lipinski definition) is 1. The molecule has 0 bridgehead atoms. The minimum atomic E-state index is -0.191. The Balaban J connectivity index is 2.02. The summed E-state index contributed by atoms with van der Waals surface area (Å²) in [5.41, 5.74) is 7.75. The van der Waals surface area contributed by atoms with Crippen LogP contribution in [0.4, 0.5) is 0 Å². The number of hydrogen-bond acceptors (Lipinski definition) is 2. The Kier molecular flexibility index (Phi) is 5.09. The highest BCUT2D eigenvalue weighted by atomic mass is 16.3. The van der Waals surface area contributed by atoms with Crippen LogP contribution in [0.25, 0.3) is 44.2 Å². The molecule has 0 spiro atoms. The van der Waals surface area contributed by atoms with Crippen LogP contribution in [0.5, 0.6) is 5.75 Å². The molecule has 0 amide bonds. The van der Waals surface area contributed by atoms with E-state index in [-0.39, 0.29) is 16.6 Å². The molecule has 0 saturated carbocycles. The van der Waals surface area contributed by atoms with Crippen molar-refractivity contribution in [2.45, 2.75) is 52.4 Å². The van der Waals surface area contributed by atoms with Crippen molar-refractivity contribution in [2.24, 2.45) is 0 Å². The minimum absolute atomic E-state index is 0.117. The van der Waals surface area contributed by atoms with Crippen molar-refractivity contribution in [3.63, 3.8) is 0 Å². The molecule has 0 saturated heterocycles. The summed E-state index contributed by atoms with van der Waals surface area (Å²) in [6, 6.07) is 27.0. The predicted octanol–water partition coefficient (Wildman–Crippen LogP) is 9.22. The summed E-state index contributed by atoms with van der Waals surface area (Å²) >= 11 is 0. The number of aromatic hydroxyl groups is 1. The summed E-state index contributed by atoms with van der Waals surface area (Å²) in [5.74, 6) is 0.286. The Morgan fingerprint density at radius 3 is 1.68 bits per heavy atom. The zero-order valence-electron chi connectivity index (χ0n) is 20.9. The molecule has 172 valence electrons. The summed E-state index contributed by atoms with van der Waals surface area (Å²) in [6.45, 7) is 13.2. The second-order valence-electron chi connectivity index (χ2n) is 11.3. The monoisotopic (exact) mass is 448 g/mol. The first-order chi connectivity index (χ1) is 16.1. The van der Waals surface area contributed by atoms with E-state index in [1.165, 1.54) is 11.1 Å². The van der Waals surface area contributed by atoms with Gasteiger partial charge in [-0.25, -0.2) is 0 Å². The predicted molar refractivity (Wildman–Crippen MR) is 144 cm³/mol. The lowest BCUT2D eigenvalue weighted by Gasteiger charge is -2.21. The topological polar surface area (TPSA) is 33.4 Å². The fourth-order valence-electron chi connectivity index (χ4n) is 4.85. The van der Waals surface area contributed by atoms with Gasteiger partial charge in [0, 0.05) is 27.5 Å². The molecule has 0 aliphatic heterocycles. The minimum Gasteiger partial charge on any atom is -0.507 e. The zero-order valence-corrected chi connectivity index (χ0v) is 20.9. The van der Waals surface area contributed by atoms with Gasteiger partial charge in [-0.05, 0) is 45.7 Å². The fraction of sp³-hybridized carbons (Fsp3) is 0.250. The van der Waals surface area contributed by atoms with E-state index in [4.69, 9.17) is 4.42 Å². The molecule has 4 aromatic carbocycles. The Hall–Kier alpha value is -3.52. The van der Waals surface area contributed by atoms with E-state index in [1.807, 2.05) is 30.3 Å². The summed E-state index contributed by atoms with van der Waals surface area (Å²) < 4.78 is 6.76. The van der Waals surface area contributed by atoms with Gasteiger partial charge in [-0.15, -0.1) is 0 Å². The van der Waals surface area contributed by atoms with Crippen LogP contribution in [0.15, 0.2) is 83.3 Å². The highest BCUT2D eigenvalue weighted by Crippen LogP contribution is 2.48. The summed E-state index contributed by atoms with van der Waals surface area (Å²) in [6.07, 6.45) is 0. The first-order valence-electron chi connectivity index (χ1n) is 11.9. The van der Waals surface area contributed by atoms with Crippen molar-refractivity contribution in [1.29, 1.82) is 0 Å². The maximum Gasteiger partial charge on any atom is 0.140 e. The van der Waals surface area contributed by atoms with Crippen LogP contribution in [0, 0.1) is 0 Å². The van der Waals surface area contributed by atoms with E-state index in [9.17, 15) is 5.11 Å². The van der Waals surface area contributed by atoms with Crippen LogP contribution < -0.4 is 0 Å². The van der Waals surface area contributed by atoms with Gasteiger partial charge >= 0.3 is 0 Å². The van der Waals surface area contributed by atoms with E-state index in [0.29, 0.717) is 0 Å². The van der Waals surface area contributed by atoms with Gasteiger partial charge in [0.1, 0.15) is 16.9 Å². The van der Waals surface area contributed by atoms with Crippen LogP contribution in [0.2, 0.25) is 0 Å². The van der Waals surface area contributed by atoms with Gasteiger partial charge in [0.15, 0.2) is 0 Å². The second-order valence-corrected chi connectivity index (χ2v) is 11.3. The van der Waals surface area contributed by atoms with E-state index >= 15 is 0 Å². The molecular formula is C32H32O2. The number of phenols is 1. The number of benzene rings is 4. The Morgan fingerprint density at radius 2 is 1.12 bits per heavy atom. The van der Waals surface area contributed by atoms with Crippen molar-refractivity contribution in [3.8, 4) is 28.0 Å². The molecule has 5 rings (SSSR count). The van der Waals surface area contributed by atoms with E-state index in [1.54, 1.807) is 0 Å². The Morgan fingerprint density at radius 1 is 0.588 bits per heavy atom. The van der Waals surface area contributed by atoms with Gasteiger partial charge in [-0.2, -0.15) is 0 Å². The van der Waals surface area contributed by atoms with E-state index in [0.717, 1.165) is 44.2 Å². The SMILES string of the molecule is CC(C)(C)c1cc(-c2ccccc2)cc2c1oc1c(C(C)(C)C)cc(O)c(-c3ccccc3)c12. The lowest BCUT2D eigenvalue weighted by molar-refractivity contribution is 0.473. The van der Waals surface area contributed by atoms with Crippen molar-refractivity contribution >= 4 is 21.9 Å². The first-order valence-corrected chi connectivity index (χ1v) is 11.9. The maximum absolute atomic E-state index is 11.4. The summed E-state index contributed by atoms with van der Waals surface area (Å²) in [5, 5.41) is 13.4. The van der Waals surface area contributed by atoms with Crippen LogP contribution in [-0.4, -0.2) is 5.11 Å². The average Bonchev–Trinajstić information content (AvgIpc) is 3.16.